The van der Waals surface area contributed by atoms with E-state index in [2.05, 4.69) is 21.2 Å². The number of hydrogen-bond acceptors (Lipinski definition) is 3. The van der Waals surface area contributed by atoms with Crippen LogP contribution in [0.3, 0.4) is 0 Å². The Labute approximate surface area is 166 Å². The van der Waals surface area contributed by atoms with Gasteiger partial charge in [0.15, 0.2) is 0 Å². The molecule has 138 valence electrons. The second-order valence-corrected chi connectivity index (χ2v) is 9.29. The minimum absolute atomic E-state index is 0.138. The van der Waals surface area contributed by atoms with E-state index < -0.39 is 10.0 Å². The number of nitrogens with zero attached hydrogens (tertiary/aromatic N) is 1. The summed E-state index contributed by atoms with van der Waals surface area (Å²) in [5.74, 6) is -0.342. The van der Waals surface area contributed by atoms with Gasteiger partial charge in [-0.15, -0.1) is 0 Å². The van der Waals surface area contributed by atoms with Crippen molar-refractivity contribution in [2.24, 2.45) is 0 Å². The van der Waals surface area contributed by atoms with E-state index in [0.29, 0.717) is 34.7 Å². The molecule has 1 amide bonds. The molecule has 1 aliphatic rings. The highest BCUT2D eigenvalue weighted by atomic mass is 79.9. The Hall–Kier alpha value is -1.41. The van der Waals surface area contributed by atoms with Gasteiger partial charge in [0.05, 0.1) is 10.5 Å². The summed E-state index contributed by atoms with van der Waals surface area (Å²) < 4.78 is 27.4. The number of hydrogen-bond donors (Lipinski definition) is 1. The fourth-order valence-electron chi connectivity index (χ4n) is 2.80. The molecule has 0 saturated carbocycles. The van der Waals surface area contributed by atoms with E-state index in [1.807, 2.05) is 12.1 Å². The predicted octanol–water partition coefficient (Wildman–Crippen LogP) is 3.82. The van der Waals surface area contributed by atoms with E-state index >= 15 is 0 Å². The molecule has 0 aromatic heterocycles. The molecular weight excluding hydrogens is 440 g/mol. The number of benzene rings is 2. The second kappa shape index (κ2) is 8.08. The van der Waals surface area contributed by atoms with Crippen LogP contribution in [0.25, 0.3) is 0 Å². The van der Waals surface area contributed by atoms with Crippen molar-refractivity contribution in [1.82, 2.24) is 9.62 Å². The standard InChI is InChI=1S/C18H18BrClN2O3S/c19-17-8-7-15(26(24,25)22-9-1-2-10-22)11-16(17)18(23)21-12-13-3-5-14(20)6-4-13/h3-8,11H,1-2,9-10,12H2,(H,21,23). The maximum atomic E-state index is 12.7. The third-order valence-corrected chi connectivity index (χ3v) is 7.09. The Morgan fingerprint density at radius 3 is 2.42 bits per heavy atom. The predicted molar refractivity (Wildman–Crippen MR) is 105 cm³/mol. The highest BCUT2D eigenvalue weighted by Gasteiger charge is 2.28. The molecule has 0 atom stereocenters. The Kier molecular flexibility index (Phi) is 6.02. The van der Waals surface area contributed by atoms with Crippen molar-refractivity contribution in [3.8, 4) is 0 Å². The molecule has 26 heavy (non-hydrogen) atoms. The maximum absolute atomic E-state index is 12.7. The van der Waals surface area contributed by atoms with E-state index in [-0.39, 0.29) is 10.8 Å². The van der Waals surface area contributed by atoms with Gasteiger partial charge in [0, 0.05) is 29.1 Å². The van der Waals surface area contributed by atoms with Crippen LogP contribution in [-0.4, -0.2) is 31.7 Å². The van der Waals surface area contributed by atoms with Crippen molar-refractivity contribution < 1.29 is 13.2 Å². The topological polar surface area (TPSA) is 66.5 Å². The average molecular weight is 458 g/mol. The van der Waals surface area contributed by atoms with Gasteiger partial charge in [-0.25, -0.2) is 8.42 Å². The molecule has 2 aromatic rings. The summed E-state index contributed by atoms with van der Waals surface area (Å²) in [6, 6.07) is 11.7. The first-order valence-corrected chi connectivity index (χ1v) is 10.8. The second-order valence-electron chi connectivity index (χ2n) is 6.06. The molecule has 0 unspecified atom stereocenters. The molecule has 1 heterocycles. The molecule has 1 saturated heterocycles. The van der Waals surface area contributed by atoms with Gasteiger partial charge in [-0.3, -0.25) is 4.79 Å². The quantitative estimate of drug-likeness (QED) is 0.742. The molecule has 0 aliphatic carbocycles. The first-order valence-electron chi connectivity index (χ1n) is 8.20. The highest BCUT2D eigenvalue weighted by Crippen LogP contribution is 2.25. The number of carbonyl (C=O) groups is 1. The Morgan fingerprint density at radius 2 is 1.77 bits per heavy atom. The van der Waals surface area contributed by atoms with Crippen LogP contribution in [-0.2, 0) is 16.6 Å². The molecule has 5 nitrogen and oxygen atoms in total. The Balaban J connectivity index is 1.78. The van der Waals surface area contributed by atoms with Gasteiger partial charge in [-0.05, 0) is 64.7 Å². The number of nitrogens with one attached hydrogen (secondary N) is 1. The summed E-state index contributed by atoms with van der Waals surface area (Å²) in [5, 5.41) is 3.43. The lowest BCUT2D eigenvalue weighted by molar-refractivity contribution is 0.0950. The lowest BCUT2D eigenvalue weighted by Crippen LogP contribution is -2.28. The number of rotatable bonds is 5. The molecule has 0 spiro atoms. The van der Waals surface area contributed by atoms with Crippen molar-refractivity contribution >= 4 is 43.5 Å². The molecule has 8 heteroatoms. The van der Waals surface area contributed by atoms with Crippen LogP contribution in [0.4, 0.5) is 0 Å². The molecule has 3 rings (SSSR count). The first-order chi connectivity index (χ1) is 12.4. The number of sulfonamides is 1. The third kappa shape index (κ3) is 4.28. The van der Waals surface area contributed by atoms with Crippen molar-refractivity contribution in [2.75, 3.05) is 13.1 Å². The largest absolute Gasteiger partial charge is 0.348 e. The van der Waals surface area contributed by atoms with Gasteiger partial charge >= 0.3 is 0 Å². The first kappa shape index (κ1) is 19.4. The van der Waals surface area contributed by atoms with Gasteiger partial charge in [0.1, 0.15) is 0 Å². The molecular formula is C18H18BrClN2O3S. The minimum atomic E-state index is -3.57. The Bertz CT molecular complexity index is 911. The van der Waals surface area contributed by atoms with Crippen molar-refractivity contribution in [1.29, 1.82) is 0 Å². The van der Waals surface area contributed by atoms with Gasteiger partial charge < -0.3 is 5.32 Å². The summed E-state index contributed by atoms with van der Waals surface area (Å²) in [5.41, 5.74) is 1.19. The zero-order valence-corrected chi connectivity index (χ0v) is 17.1. The third-order valence-electron chi connectivity index (χ3n) is 4.25. The molecule has 0 bridgehead atoms. The van der Waals surface area contributed by atoms with Gasteiger partial charge in [-0.2, -0.15) is 4.31 Å². The molecule has 1 N–H and O–H groups in total. The van der Waals surface area contributed by atoms with Crippen LogP contribution in [0.1, 0.15) is 28.8 Å². The van der Waals surface area contributed by atoms with Gasteiger partial charge in [0.2, 0.25) is 10.0 Å². The van der Waals surface area contributed by atoms with Crippen LogP contribution >= 0.6 is 27.5 Å². The molecule has 0 radical (unpaired) electrons. The SMILES string of the molecule is O=C(NCc1ccc(Cl)cc1)c1cc(S(=O)(=O)N2CCCC2)ccc1Br. The molecule has 2 aromatic carbocycles. The average Bonchev–Trinajstić information content (AvgIpc) is 3.17. The van der Waals surface area contributed by atoms with E-state index in [1.54, 1.807) is 18.2 Å². The van der Waals surface area contributed by atoms with Crippen LogP contribution < -0.4 is 5.32 Å². The Morgan fingerprint density at radius 1 is 1.12 bits per heavy atom. The van der Waals surface area contributed by atoms with E-state index in [4.69, 9.17) is 11.6 Å². The van der Waals surface area contributed by atoms with E-state index in [1.165, 1.54) is 16.4 Å². The van der Waals surface area contributed by atoms with E-state index in [9.17, 15) is 13.2 Å². The van der Waals surface area contributed by atoms with Crippen molar-refractivity contribution in [3.63, 3.8) is 0 Å². The lowest BCUT2D eigenvalue weighted by atomic mass is 10.2. The van der Waals surface area contributed by atoms with Crippen molar-refractivity contribution in [3.05, 3.63) is 63.1 Å². The summed E-state index contributed by atoms with van der Waals surface area (Å²) in [4.78, 5) is 12.7. The van der Waals surface area contributed by atoms with Gasteiger partial charge in [0.25, 0.3) is 5.91 Å². The van der Waals surface area contributed by atoms with E-state index in [0.717, 1.165) is 18.4 Å². The van der Waals surface area contributed by atoms with Crippen LogP contribution in [0.15, 0.2) is 51.8 Å². The summed E-state index contributed by atoms with van der Waals surface area (Å²) in [6.45, 7) is 1.37. The summed E-state index contributed by atoms with van der Waals surface area (Å²) in [6.07, 6.45) is 1.73. The van der Waals surface area contributed by atoms with Crippen LogP contribution in [0.5, 0.6) is 0 Å². The number of carbonyl (C=O) groups excluding carboxylic acids is 1. The van der Waals surface area contributed by atoms with Crippen LogP contribution in [0.2, 0.25) is 5.02 Å². The van der Waals surface area contributed by atoms with Crippen LogP contribution in [0, 0.1) is 0 Å². The van der Waals surface area contributed by atoms with Crippen molar-refractivity contribution in [2.45, 2.75) is 24.3 Å². The summed E-state index contributed by atoms with van der Waals surface area (Å²) >= 11 is 9.18. The normalized spacial score (nSPS) is 15.2. The van der Waals surface area contributed by atoms with Gasteiger partial charge in [-0.1, -0.05) is 23.7 Å². The summed E-state index contributed by atoms with van der Waals surface area (Å²) in [7, 11) is -3.57. The highest BCUT2D eigenvalue weighted by molar-refractivity contribution is 9.10. The smallest absolute Gasteiger partial charge is 0.252 e. The number of halogens is 2. The molecule has 1 fully saturated rings. The lowest BCUT2D eigenvalue weighted by Gasteiger charge is -2.16. The zero-order chi connectivity index (χ0) is 18.7. The minimum Gasteiger partial charge on any atom is -0.348 e. The molecule has 1 aliphatic heterocycles. The fourth-order valence-corrected chi connectivity index (χ4v) is 4.89. The monoisotopic (exact) mass is 456 g/mol. The maximum Gasteiger partial charge on any atom is 0.252 e. The number of amides is 1. The fraction of sp³-hybridized carbons (Fsp3) is 0.278. The zero-order valence-electron chi connectivity index (χ0n) is 13.9.